The van der Waals surface area contributed by atoms with Crippen molar-refractivity contribution < 1.29 is 57.9 Å². The molecule has 12 nitrogen and oxygen atoms in total. The lowest BCUT2D eigenvalue weighted by Gasteiger charge is -2.24. The highest BCUT2D eigenvalue weighted by molar-refractivity contribution is 5.60. The first kappa shape index (κ1) is 42.7. The van der Waals surface area contributed by atoms with Crippen molar-refractivity contribution in [2.24, 2.45) is 0 Å². The van der Waals surface area contributed by atoms with Crippen LogP contribution in [0.2, 0.25) is 0 Å². The molecule has 0 aliphatic rings. The first-order chi connectivity index (χ1) is 21.1. The van der Waals surface area contributed by atoms with E-state index in [4.69, 9.17) is 43.5 Å². The number of rotatable bonds is 26. The van der Waals surface area contributed by atoms with Crippen molar-refractivity contribution in [1.29, 1.82) is 0 Å². The molecule has 0 spiro atoms. The Balaban J connectivity index is 4.79. The molecule has 0 amide bonds. The van der Waals surface area contributed by atoms with Gasteiger partial charge in [-0.05, 0) is 80.1 Å². The summed E-state index contributed by atoms with van der Waals surface area (Å²) in [5.74, 6) is 0. The summed E-state index contributed by atoms with van der Waals surface area (Å²) in [6, 6.07) is 0. The van der Waals surface area contributed by atoms with Gasteiger partial charge in [-0.25, -0.2) is 14.4 Å². The largest absolute Gasteiger partial charge is 0.540 e. The van der Waals surface area contributed by atoms with Gasteiger partial charge in [-0.2, -0.15) is 14.7 Å². The molecule has 0 aromatic rings. The second kappa shape index (κ2) is 23.9. The van der Waals surface area contributed by atoms with Gasteiger partial charge in [0.1, 0.15) is 29.5 Å². The number of hydrogen-bond acceptors (Lipinski definition) is 12. The van der Waals surface area contributed by atoms with Crippen molar-refractivity contribution >= 4 is 18.5 Å². The molecule has 0 saturated heterocycles. The fourth-order valence-electron chi connectivity index (χ4n) is 4.14. The summed E-state index contributed by atoms with van der Waals surface area (Å²) in [6.45, 7) is 17.0. The average Bonchev–Trinajstić information content (AvgIpc) is 2.97. The van der Waals surface area contributed by atoms with Crippen molar-refractivity contribution in [3.05, 3.63) is 0 Å². The Labute approximate surface area is 271 Å². The zero-order valence-corrected chi connectivity index (χ0v) is 29.5. The van der Waals surface area contributed by atoms with E-state index >= 15 is 0 Å². The Hall–Kier alpha value is -2.31. The molecule has 0 radical (unpaired) electrons. The van der Waals surface area contributed by atoms with Gasteiger partial charge >= 0.3 is 18.5 Å². The number of ether oxygens (including phenoxy) is 3. The molecule has 0 aliphatic heterocycles. The molecule has 1 unspecified atom stereocenters. The third-order valence-electron chi connectivity index (χ3n) is 6.94. The van der Waals surface area contributed by atoms with Crippen LogP contribution in [0.5, 0.6) is 0 Å². The molecule has 0 aromatic heterocycles. The van der Waals surface area contributed by atoms with Crippen molar-refractivity contribution in [2.45, 2.75) is 182 Å². The van der Waals surface area contributed by atoms with Gasteiger partial charge < -0.3 is 14.2 Å². The van der Waals surface area contributed by atoms with Gasteiger partial charge in [0.25, 0.3) is 0 Å². The molecule has 0 bridgehead atoms. The SMILES string of the molecule is CCCCCC(C)(C)OOC(=O)OCCCCC(COC(=O)OOC(C)(C)CCCCC)OC(=O)OOC(C)(C)CCCCC. The van der Waals surface area contributed by atoms with E-state index in [0.29, 0.717) is 25.7 Å². The van der Waals surface area contributed by atoms with Crippen LogP contribution >= 0.6 is 0 Å². The van der Waals surface area contributed by atoms with Crippen LogP contribution < -0.4 is 0 Å². The van der Waals surface area contributed by atoms with Crippen molar-refractivity contribution in [3.63, 3.8) is 0 Å². The first-order valence-electron chi connectivity index (χ1n) is 16.8. The van der Waals surface area contributed by atoms with E-state index in [9.17, 15) is 14.4 Å². The van der Waals surface area contributed by atoms with E-state index in [1.54, 1.807) is 0 Å². The summed E-state index contributed by atoms with van der Waals surface area (Å²) >= 11 is 0. The number of carbonyl (C=O) groups excluding carboxylic acids is 3. The molecule has 266 valence electrons. The van der Waals surface area contributed by atoms with Crippen LogP contribution in [0.4, 0.5) is 14.4 Å². The molecule has 0 fully saturated rings. The normalized spacial score (nSPS) is 12.7. The fraction of sp³-hybridized carbons (Fsp3) is 0.909. The summed E-state index contributed by atoms with van der Waals surface area (Å²) in [7, 11) is 0. The molecule has 0 N–H and O–H groups in total. The monoisotopic (exact) mass is 650 g/mol. The molecule has 0 aromatic carbocycles. The van der Waals surface area contributed by atoms with Gasteiger partial charge in [-0.1, -0.05) is 78.6 Å². The van der Waals surface area contributed by atoms with Gasteiger partial charge in [0.15, 0.2) is 0 Å². The molecule has 0 heterocycles. The summed E-state index contributed by atoms with van der Waals surface area (Å²) < 4.78 is 15.6. The van der Waals surface area contributed by atoms with Gasteiger partial charge in [0.05, 0.1) is 6.61 Å². The third kappa shape index (κ3) is 25.6. The predicted molar refractivity (Wildman–Crippen MR) is 168 cm³/mol. The summed E-state index contributed by atoms with van der Waals surface area (Å²) in [5.41, 5.74) is -1.98. The highest BCUT2D eigenvalue weighted by atomic mass is 17.2. The Bertz CT molecular complexity index is 797. The topological polar surface area (TPSA) is 134 Å². The second-order valence-corrected chi connectivity index (χ2v) is 13.3. The Morgan fingerprint density at radius 2 is 0.911 bits per heavy atom. The molecule has 0 saturated carbocycles. The molecule has 12 heteroatoms. The zero-order chi connectivity index (χ0) is 34.2. The second-order valence-electron chi connectivity index (χ2n) is 13.3. The lowest BCUT2D eigenvalue weighted by atomic mass is 10.0. The van der Waals surface area contributed by atoms with E-state index in [-0.39, 0.29) is 19.6 Å². The van der Waals surface area contributed by atoms with E-state index in [0.717, 1.165) is 64.2 Å². The minimum atomic E-state index is -1.06. The van der Waals surface area contributed by atoms with Gasteiger partial charge in [-0.3, -0.25) is 14.7 Å². The maximum absolute atomic E-state index is 12.4. The van der Waals surface area contributed by atoms with E-state index in [1.165, 1.54) is 0 Å². The average molecular weight is 651 g/mol. The molecule has 0 aliphatic carbocycles. The van der Waals surface area contributed by atoms with Crippen LogP contribution in [0, 0.1) is 0 Å². The van der Waals surface area contributed by atoms with Gasteiger partial charge in [0, 0.05) is 0 Å². The van der Waals surface area contributed by atoms with Crippen molar-refractivity contribution in [3.8, 4) is 0 Å². The van der Waals surface area contributed by atoms with E-state index < -0.39 is 41.4 Å². The van der Waals surface area contributed by atoms with Crippen LogP contribution in [-0.2, 0) is 43.5 Å². The molecule has 1 atom stereocenters. The molecular weight excluding hydrogens is 588 g/mol. The van der Waals surface area contributed by atoms with E-state index in [1.807, 2.05) is 41.5 Å². The van der Waals surface area contributed by atoms with Crippen molar-refractivity contribution in [2.75, 3.05) is 13.2 Å². The smallest absolute Gasteiger partial charge is 0.432 e. The predicted octanol–water partition coefficient (Wildman–Crippen LogP) is 9.86. The van der Waals surface area contributed by atoms with Gasteiger partial charge in [-0.15, -0.1) is 0 Å². The highest BCUT2D eigenvalue weighted by Crippen LogP contribution is 2.22. The summed E-state index contributed by atoms with van der Waals surface area (Å²) in [5, 5.41) is 0. The van der Waals surface area contributed by atoms with Crippen molar-refractivity contribution in [1.82, 2.24) is 0 Å². The Kier molecular flexibility index (Phi) is 22.7. The molecule has 45 heavy (non-hydrogen) atoms. The molecular formula is C33H62O12. The third-order valence-corrected chi connectivity index (χ3v) is 6.94. The summed E-state index contributed by atoms with van der Waals surface area (Å²) in [4.78, 5) is 66.9. The van der Waals surface area contributed by atoms with Crippen LogP contribution in [0.3, 0.4) is 0 Å². The maximum atomic E-state index is 12.4. The number of carbonyl (C=O) groups is 3. The zero-order valence-electron chi connectivity index (χ0n) is 29.5. The Morgan fingerprint density at radius 3 is 1.33 bits per heavy atom. The molecule has 0 rings (SSSR count). The first-order valence-corrected chi connectivity index (χ1v) is 16.8. The summed E-state index contributed by atoms with van der Waals surface area (Å²) in [6.07, 6.45) is 8.55. The lowest BCUT2D eigenvalue weighted by molar-refractivity contribution is -0.323. The minimum absolute atomic E-state index is 0.0501. The lowest BCUT2D eigenvalue weighted by Crippen LogP contribution is -2.31. The number of hydrogen-bond donors (Lipinski definition) is 0. The van der Waals surface area contributed by atoms with Crippen LogP contribution in [-0.4, -0.2) is 54.6 Å². The minimum Gasteiger partial charge on any atom is -0.432 e. The van der Waals surface area contributed by atoms with E-state index in [2.05, 4.69) is 20.8 Å². The standard InChI is InChI=1S/C33H62O12/c1-10-13-17-22-31(4,5)43-40-28(34)37-25-20-16-21-27(39-30(36)42-45-33(8,9)24-19-15-12-3)26-38-29(35)41-44-32(6,7)23-18-14-11-2/h27H,10-26H2,1-9H3. The fourth-order valence-corrected chi connectivity index (χ4v) is 4.14. The number of unbranched alkanes of at least 4 members (excludes halogenated alkanes) is 7. The van der Waals surface area contributed by atoms with Crippen LogP contribution in [0.25, 0.3) is 0 Å². The Morgan fingerprint density at radius 1 is 0.511 bits per heavy atom. The van der Waals surface area contributed by atoms with Crippen LogP contribution in [0.1, 0.15) is 159 Å². The van der Waals surface area contributed by atoms with Gasteiger partial charge in [0.2, 0.25) is 0 Å². The highest BCUT2D eigenvalue weighted by Gasteiger charge is 2.27. The van der Waals surface area contributed by atoms with Crippen LogP contribution in [0.15, 0.2) is 0 Å². The maximum Gasteiger partial charge on any atom is 0.540 e. The quantitative estimate of drug-likeness (QED) is 0.0290.